The molecule has 0 bridgehead atoms. The minimum atomic E-state index is 0.525. The molecule has 3 unspecified atom stereocenters. The maximum absolute atomic E-state index is 3.71. The van der Waals surface area contributed by atoms with Crippen molar-refractivity contribution in [1.82, 2.24) is 10.2 Å². The summed E-state index contributed by atoms with van der Waals surface area (Å²) in [6, 6.07) is 12.0. The molecule has 1 aromatic carbocycles. The predicted molar refractivity (Wildman–Crippen MR) is 73.1 cm³/mol. The molecule has 0 saturated carbocycles. The average molecular weight is 232 g/mol. The van der Waals surface area contributed by atoms with Crippen molar-refractivity contribution >= 4 is 0 Å². The van der Waals surface area contributed by atoms with Crippen LogP contribution in [0.3, 0.4) is 0 Å². The van der Waals surface area contributed by atoms with Crippen molar-refractivity contribution in [2.24, 2.45) is 5.92 Å². The fourth-order valence-corrected chi connectivity index (χ4v) is 2.63. The second-order valence-electron chi connectivity index (χ2n) is 5.27. The first-order valence-corrected chi connectivity index (χ1v) is 6.71. The van der Waals surface area contributed by atoms with Gasteiger partial charge in [-0.3, -0.25) is 4.90 Å². The second kappa shape index (κ2) is 5.65. The highest BCUT2D eigenvalue weighted by molar-refractivity contribution is 5.20. The van der Waals surface area contributed by atoms with Gasteiger partial charge in [-0.1, -0.05) is 50.6 Å². The molecular formula is C15H24N2. The minimum absolute atomic E-state index is 0.525. The highest BCUT2D eigenvalue weighted by atomic mass is 15.2. The maximum atomic E-state index is 3.71. The van der Waals surface area contributed by atoms with Crippen molar-refractivity contribution in [3.8, 4) is 0 Å². The fourth-order valence-electron chi connectivity index (χ4n) is 2.63. The van der Waals surface area contributed by atoms with Gasteiger partial charge in [-0.05, 0) is 18.5 Å². The zero-order valence-electron chi connectivity index (χ0n) is 11.2. The van der Waals surface area contributed by atoms with Crippen LogP contribution in [0.15, 0.2) is 30.3 Å². The molecule has 2 heteroatoms. The summed E-state index contributed by atoms with van der Waals surface area (Å²) in [6.45, 7) is 6.83. The summed E-state index contributed by atoms with van der Waals surface area (Å²) in [5.41, 5.74) is 1.42. The maximum Gasteiger partial charge on any atom is 0.0470 e. The third-order valence-corrected chi connectivity index (χ3v) is 4.11. The molecule has 0 aliphatic carbocycles. The van der Waals surface area contributed by atoms with Gasteiger partial charge in [0.05, 0.1) is 0 Å². The van der Waals surface area contributed by atoms with Crippen molar-refractivity contribution in [3.63, 3.8) is 0 Å². The summed E-state index contributed by atoms with van der Waals surface area (Å²) in [7, 11) is 2.24. The lowest BCUT2D eigenvalue weighted by molar-refractivity contribution is 0.138. The van der Waals surface area contributed by atoms with Crippen molar-refractivity contribution < 1.29 is 0 Å². The van der Waals surface area contributed by atoms with Crippen molar-refractivity contribution in [1.29, 1.82) is 0 Å². The zero-order chi connectivity index (χ0) is 12.3. The van der Waals surface area contributed by atoms with E-state index in [-0.39, 0.29) is 0 Å². The van der Waals surface area contributed by atoms with E-state index in [4.69, 9.17) is 0 Å². The van der Waals surface area contributed by atoms with Crippen molar-refractivity contribution in [2.75, 3.05) is 20.1 Å². The van der Waals surface area contributed by atoms with Gasteiger partial charge in [0.15, 0.2) is 0 Å². The number of nitrogens with zero attached hydrogens (tertiary/aromatic N) is 1. The van der Waals surface area contributed by atoms with Crippen LogP contribution in [0.1, 0.15) is 31.9 Å². The van der Waals surface area contributed by atoms with Gasteiger partial charge >= 0.3 is 0 Å². The molecule has 2 rings (SSSR count). The molecule has 1 aromatic rings. The summed E-state index contributed by atoms with van der Waals surface area (Å²) in [6.07, 6.45) is 1.25. The third-order valence-electron chi connectivity index (χ3n) is 4.11. The fraction of sp³-hybridized carbons (Fsp3) is 0.600. The van der Waals surface area contributed by atoms with E-state index in [1.165, 1.54) is 12.0 Å². The molecular weight excluding hydrogens is 208 g/mol. The Labute approximate surface area is 105 Å². The van der Waals surface area contributed by atoms with Crippen LogP contribution in [-0.2, 0) is 0 Å². The molecule has 17 heavy (non-hydrogen) atoms. The van der Waals surface area contributed by atoms with Crippen LogP contribution in [0.5, 0.6) is 0 Å². The number of benzene rings is 1. The molecule has 1 N–H and O–H groups in total. The summed E-state index contributed by atoms with van der Waals surface area (Å²) < 4.78 is 0. The van der Waals surface area contributed by atoms with Gasteiger partial charge in [-0.2, -0.15) is 0 Å². The number of rotatable bonds is 3. The Morgan fingerprint density at radius 3 is 2.65 bits per heavy atom. The van der Waals surface area contributed by atoms with Crippen LogP contribution < -0.4 is 5.32 Å². The first kappa shape index (κ1) is 12.6. The predicted octanol–water partition coefficient (Wildman–Crippen LogP) is 2.68. The first-order chi connectivity index (χ1) is 8.22. The summed E-state index contributed by atoms with van der Waals surface area (Å²) in [5, 5.41) is 3.71. The Hall–Kier alpha value is -0.860. The summed E-state index contributed by atoms with van der Waals surface area (Å²) >= 11 is 0. The van der Waals surface area contributed by atoms with Gasteiger partial charge in [0.2, 0.25) is 0 Å². The Morgan fingerprint density at radius 2 is 2.06 bits per heavy atom. The summed E-state index contributed by atoms with van der Waals surface area (Å²) in [5.74, 6) is 0.758. The summed E-state index contributed by atoms with van der Waals surface area (Å²) in [4.78, 5) is 2.49. The van der Waals surface area contributed by atoms with Crippen molar-refractivity contribution in [2.45, 2.75) is 32.4 Å². The lowest BCUT2D eigenvalue weighted by Crippen LogP contribution is -2.53. The minimum Gasteiger partial charge on any atom is -0.311 e. The van der Waals surface area contributed by atoms with E-state index in [9.17, 15) is 0 Å². The van der Waals surface area contributed by atoms with Gasteiger partial charge in [0.25, 0.3) is 0 Å². The molecule has 1 fully saturated rings. The Bertz CT molecular complexity index is 336. The molecule has 3 atom stereocenters. The number of hydrogen-bond donors (Lipinski definition) is 1. The van der Waals surface area contributed by atoms with Gasteiger partial charge < -0.3 is 5.32 Å². The molecule has 1 aliphatic heterocycles. The normalized spacial score (nSPS) is 27.9. The van der Waals surface area contributed by atoms with Crippen LogP contribution >= 0.6 is 0 Å². The van der Waals surface area contributed by atoms with Crippen molar-refractivity contribution in [3.05, 3.63) is 35.9 Å². The molecule has 1 heterocycles. The second-order valence-corrected chi connectivity index (χ2v) is 5.27. The molecule has 0 aromatic heterocycles. The van der Waals surface area contributed by atoms with Gasteiger partial charge in [0, 0.05) is 25.2 Å². The number of likely N-dealkylation sites (N-methyl/N-ethyl adjacent to an activating group) is 1. The number of piperazine rings is 1. The third kappa shape index (κ3) is 2.88. The van der Waals surface area contributed by atoms with Crippen LogP contribution in [0.4, 0.5) is 0 Å². The monoisotopic (exact) mass is 232 g/mol. The van der Waals surface area contributed by atoms with E-state index in [0.29, 0.717) is 12.1 Å². The Kier molecular flexibility index (Phi) is 4.19. The smallest absolute Gasteiger partial charge is 0.0470 e. The average Bonchev–Trinajstić information content (AvgIpc) is 2.38. The first-order valence-electron chi connectivity index (χ1n) is 6.71. The van der Waals surface area contributed by atoms with E-state index >= 15 is 0 Å². The highest BCUT2D eigenvalue weighted by Gasteiger charge is 2.28. The van der Waals surface area contributed by atoms with Crippen LogP contribution in [0, 0.1) is 5.92 Å². The molecule has 0 radical (unpaired) electrons. The molecule has 94 valence electrons. The SMILES string of the molecule is CCC(C)C1CN(C)C(c2ccccc2)CN1. The zero-order valence-corrected chi connectivity index (χ0v) is 11.2. The van der Waals surface area contributed by atoms with Gasteiger partial charge in [0.1, 0.15) is 0 Å². The van der Waals surface area contributed by atoms with E-state index < -0.39 is 0 Å². The Balaban J connectivity index is 2.01. The van der Waals surface area contributed by atoms with E-state index in [1.807, 2.05) is 0 Å². The van der Waals surface area contributed by atoms with Crippen LogP contribution in [0.25, 0.3) is 0 Å². The van der Waals surface area contributed by atoms with Gasteiger partial charge in [-0.25, -0.2) is 0 Å². The van der Waals surface area contributed by atoms with Crippen LogP contribution in [0.2, 0.25) is 0 Å². The lowest BCUT2D eigenvalue weighted by atomic mass is 9.94. The standard InChI is InChI=1S/C15H24N2/c1-4-12(2)14-11-17(3)15(10-16-14)13-8-6-5-7-9-13/h5-9,12,14-16H,4,10-11H2,1-3H3. The van der Waals surface area contributed by atoms with E-state index in [1.54, 1.807) is 0 Å². The largest absolute Gasteiger partial charge is 0.311 e. The molecule has 1 aliphatic rings. The van der Waals surface area contributed by atoms with E-state index in [2.05, 4.69) is 61.4 Å². The van der Waals surface area contributed by atoms with Gasteiger partial charge in [-0.15, -0.1) is 0 Å². The van der Waals surface area contributed by atoms with E-state index in [0.717, 1.165) is 19.0 Å². The molecule has 1 saturated heterocycles. The number of nitrogens with one attached hydrogen (secondary N) is 1. The molecule has 2 nitrogen and oxygen atoms in total. The van der Waals surface area contributed by atoms with Crippen LogP contribution in [-0.4, -0.2) is 31.1 Å². The molecule has 0 spiro atoms. The molecule has 0 amide bonds. The highest BCUT2D eigenvalue weighted by Crippen LogP contribution is 2.24. The topological polar surface area (TPSA) is 15.3 Å². The quantitative estimate of drug-likeness (QED) is 0.862. The Morgan fingerprint density at radius 1 is 1.35 bits per heavy atom. The lowest BCUT2D eigenvalue weighted by Gasteiger charge is -2.40. The number of hydrogen-bond acceptors (Lipinski definition) is 2.